The average molecular weight is 941 g/mol. The van der Waals surface area contributed by atoms with E-state index in [1.807, 2.05) is 23.5 Å². The minimum Gasteiger partial charge on any atom is -0.308 e. The number of para-hydroxylation sites is 2. The van der Waals surface area contributed by atoms with E-state index < -0.39 is 0 Å². The van der Waals surface area contributed by atoms with Gasteiger partial charge in [-0.15, -0.1) is 0 Å². The SMILES string of the molecule is CC(C)(C)c1cc(N2c3ccccc3Sc3cc4c(cc32)C(C)(C)c2ccccc2-4)c2ccc3c(C(C)(C)C)cc(N4c5ccccc5Sc5cc6c(cc54)C(C)(C)c4ccccc4-6)c4ccc1c2c43. The summed E-state index contributed by atoms with van der Waals surface area (Å²) in [5.41, 5.74) is 20.6. The summed E-state index contributed by atoms with van der Waals surface area (Å²) in [5.74, 6) is 0. The topological polar surface area (TPSA) is 6.48 Å². The van der Waals surface area contributed by atoms with Gasteiger partial charge in [0.2, 0.25) is 0 Å². The number of fused-ring (bicyclic) bond motifs is 10. The van der Waals surface area contributed by atoms with Crippen molar-refractivity contribution in [3.63, 3.8) is 0 Å². The van der Waals surface area contributed by atoms with Crippen LogP contribution in [0.3, 0.4) is 0 Å². The van der Waals surface area contributed by atoms with Gasteiger partial charge in [-0.05, 0) is 149 Å². The standard InChI is InChI=1S/C66H56N2S2/c1-63(2,3)47-33-53(67-51-23-15-17-25-57(51)69-59-31-43-37-19-11-13-21-45(37)65(7,8)49(43)35-55(59)67)41-30-28-40-48(64(4,5)6)34-54(42-29-27-39(47)61(41)62(40)42)68-52-24-16-18-26-58(52)70-60-32-44-38-20-12-14-22-46(38)66(9,10)50(44)36-56(60)68/h11-36H,1-10H3. The molecule has 70 heavy (non-hydrogen) atoms. The summed E-state index contributed by atoms with van der Waals surface area (Å²) >= 11 is 3.82. The van der Waals surface area contributed by atoms with Crippen LogP contribution in [0.25, 0.3) is 54.6 Å². The lowest BCUT2D eigenvalue weighted by atomic mass is 9.77. The number of rotatable bonds is 2. The largest absolute Gasteiger partial charge is 0.308 e. The predicted octanol–water partition coefficient (Wildman–Crippen LogP) is 19.7. The molecule has 342 valence electrons. The quantitative estimate of drug-likeness (QED) is 0.159. The Morgan fingerprint density at radius 3 is 1.11 bits per heavy atom. The molecule has 0 radical (unpaired) electrons. The predicted molar refractivity (Wildman–Crippen MR) is 300 cm³/mol. The maximum atomic E-state index is 2.63. The molecule has 0 bridgehead atoms. The molecule has 2 aliphatic heterocycles. The Bertz CT molecular complexity index is 3680. The lowest BCUT2D eigenvalue weighted by molar-refractivity contribution is 0.595. The molecule has 0 fully saturated rings. The molecule has 0 amide bonds. The number of nitrogens with zero attached hydrogens (tertiary/aromatic N) is 2. The number of hydrogen-bond donors (Lipinski definition) is 0. The van der Waals surface area contributed by atoms with E-state index in [4.69, 9.17) is 0 Å². The van der Waals surface area contributed by atoms with E-state index in [9.17, 15) is 0 Å². The Morgan fingerprint density at radius 2 is 0.700 bits per heavy atom. The Hall–Kier alpha value is -6.46. The van der Waals surface area contributed by atoms with Crippen LogP contribution in [0.1, 0.15) is 103 Å². The minimum absolute atomic E-state index is 0.128. The van der Waals surface area contributed by atoms with Gasteiger partial charge in [-0.1, -0.05) is 190 Å². The third-order valence-electron chi connectivity index (χ3n) is 16.4. The Kier molecular flexibility index (Phi) is 8.55. The van der Waals surface area contributed by atoms with Crippen LogP contribution >= 0.6 is 23.5 Å². The van der Waals surface area contributed by atoms with Crippen molar-refractivity contribution in [2.45, 2.75) is 110 Å². The van der Waals surface area contributed by atoms with Crippen LogP contribution in [0, 0.1) is 0 Å². The number of anilines is 6. The molecule has 0 saturated carbocycles. The summed E-state index contributed by atoms with van der Waals surface area (Å²) in [5, 5.41) is 7.92. The van der Waals surface area contributed by atoms with E-state index in [-0.39, 0.29) is 21.7 Å². The molecule has 0 saturated heterocycles. The maximum absolute atomic E-state index is 2.63. The van der Waals surface area contributed by atoms with Crippen LogP contribution in [0.15, 0.2) is 177 Å². The molecule has 0 unspecified atom stereocenters. The third-order valence-corrected chi connectivity index (χ3v) is 18.6. The fourth-order valence-electron chi connectivity index (χ4n) is 13.0. The van der Waals surface area contributed by atoms with Crippen molar-refractivity contribution in [3.05, 3.63) is 191 Å². The van der Waals surface area contributed by atoms with Gasteiger partial charge in [0.05, 0.1) is 34.1 Å². The normalized spacial score (nSPS) is 15.9. The molecule has 0 N–H and O–H groups in total. The van der Waals surface area contributed by atoms with Gasteiger partial charge in [0.15, 0.2) is 0 Å². The highest BCUT2D eigenvalue weighted by atomic mass is 32.2. The summed E-state index contributed by atoms with van der Waals surface area (Å²) in [6.45, 7) is 24.0. The van der Waals surface area contributed by atoms with Crippen LogP contribution in [-0.2, 0) is 21.7 Å². The van der Waals surface area contributed by atoms with Crippen molar-refractivity contribution in [2.24, 2.45) is 0 Å². The van der Waals surface area contributed by atoms with Crippen molar-refractivity contribution >= 4 is 90.0 Å². The van der Waals surface area contributed by atoms with Gasteiger partial charge < -0.3 is 9.80 Å². The number of hydrogen-bond acceptors (Lipinski definition) is 4. The van der Waals surface area contributed by atoms with Crippen molar-refractivity contribution in [2.75, 3.05) is 9.80 Å². The van der Waals surface area contributed by atoms with Crippen LogP contribution < -0.4 is 9.80 Å². The molecule has 2 nitrogen and oxygen atoms in total. The van der Waals surface area contributed by atoms with Crippen LogP contribution in [0.2, 0.25) is 0 Å². The first-order valence-electron chi connectivity index (χ1n) is 25.0. The molecule has 10 aromatic rings. The van der Waals surface area contributed by atoms with Gasteiger partial charge in [0.1, 0.15) is 0 Å². The Labute approximate surface area is 421 Å². The van der Waals surface area contributed by atoms with Gasteiger partial charge in [0.25, 0.3) is 0 Å². The molecule has 0 spiro atoms. The van der Waals surface area contributed by atoms with Crippen molar-refractivity contribution in [1.82, 2.24) is 0 Å². The van der Waals surface area contributed by atoms with Crippen molar-refractivity contribution in [1.29, 1.82) is 0 Å². The summed E-state index contributed by atoms with van der Waals surface area (Å²) in [4.78, 5) is 10.4. The van der Waals surface area contributed by atoms with Crippen molar-refractivity contribution in [3.8, 4) is 22.3 Å². The van der Waals surface area contributed by atoms with Gasteiger partial charge in [-0.25, -0.2) is 0 Å². The third kappa shape index (κ3) is 5.66. The number of benzene rings is 10. The minimum atomic E-state index is -0.145. The highest BCUT2D eigenvalue weighted by Crippen LogP contribution is 2.62. The molecule has 4 aliphatic rings. The Morgan fingerprint density at radius 1 is 0.329 bits per heavy atom. The van der Waals surface area contributed by atoms with E-state index >= 15 is 0 Å². The zero-order valence-electron chi connectivity index (χ0n) is 41.7. The van der Waals surface area contributed by atoms with Gasteiger partial charge in [-0.3, -0.25) is 0 Å². The van der Waals surface area contributed by atoms with E-state index in [1.165, 1.54) is 142 Å². The molecule has 4 heteroatoms. The first-order valence-corrected chi connectivity index (χ1v) is 26.6. The van der Waals surface area contributed by atoms with Gasteiger partial charge in [-0.2, -0.15) is 0 Å². The fraction of sp³-hybridized carbons (Fsp3) is 0.212. The average Bonchev–Trinajstić information content (AvgIpc) is 3.70. The molecular formula is C66H56N2S2. The van der Waals surface area contributed by atoms with E-state index in [0.29, 0.717) is 0 Å². The molecule has 0 atom stereocenters. The fourth-order valence-corrected chi connectivity index (χ4v) is 15.1. The maximum Gasteiger partial charge on any atom is 0.0605 e. The summed E-state index contributed by atoms with van der Waals surface area (Å²) in [6, 6.07) is 61.2. The molecular weight excluding hydrogens is 885 g/mol. The highest BCUT2D eigenvalue weighted by molar-refractivity contribution is 8.00. The van der Waals surface area contributed by atoms with E-state index in [1.54, 1.807) is 0 Å². The van der Waals surface area contributed by atoms with E-state index in [2.05, 4.69) is 237 Å². The van der Waals surface area contributed by atoms with Crippen LogP contribution in [-0.4, -0.2) is 0 Å². The Balaban J connectivity index is 1.08. The lowest BCUT2D eigenvalue weighted by Gasteiger charge is -2.38. The zero-order chi connectivity index (χ0) is 48.0. The second kappa shape index (κ2) is 14.1. The molecule has 10 aromatic carbocycles. The summed E-state index contributed by atoms with van der Waals surface area (Å²) < 4.78 is 0. The van der Waals surface area contributed by atoms with Crippen LogP contribution in [0.5, 0.6) is 0 Å². The summed E-state index contributed by atoms with van der Waals surface area (Å²) in [7, 11) is 0. The second-order valence-corrected chi connectivity index (χ2v) is 25.5. The molecule has 2 aliphatic carbocycles. The second-order valence-electron chi connectivity index (χ2n) is 23.3. The van der Waals surface area contributed by atoms with Crippen molar-refractivity contribution < 1.29 is 0 Å². The lowest BCUT2D eigenvalue weighted by Crippen LogP contribution is -2.21. The molecule has 14 rings (SSSR count). The first kappa shape index (κ1) is 42.4. The monoisotopic (exact) mass is 940 g/mol. The van der Waals surface area contributed by atoms with Crippen LogP contribution in [0.4, 0.5) is 34.1 Å². The highest BCUT2D eigenvalue weighted by Gasteiger charge is 2.41. The first-order chi connectivity index (χ1) is 33.5. The molecule has 0 aromatic heterocycles. The summed E-state index contributed by atoms with van der Waals surface area (Å²) in [6.07, 6.45) is 0. The zero-order valence-corrected chi connectivity index (χ0v) is 43.4. The van der Waals surface area contributed by atoms with Gasteiger partial charge in [0, 0.05) is 41.2 Å². The smallest absolute Gasteiger partial charge is 0.0605 e. The van der Waals surface area contributed by atoms with E-state index in [0.717, 1.165) is 0 Å². The van der Waals surface area contributed by atoms with Gasteiger partial charge >= 0.3 is 0 Å². The molecule has 2 heterocycles.